The van der Waals surface area contributed by atoms with Gasteiger partial charge in [0.15, 0.2) is 0 Å². The van der Waals surface area contributed by atoms with Crippen LogP contribution in [0.1, 0.15) is 24.0 Å². The summed E-state index contributed by atoms with van der Waals surface area (Å²) in [6.07, 6.45) is 2.33. The molecule has 0 bridgehead atoms. The Hall–Kier alpha value is -1.06. The van der Waals surface area contributed by atoms with E-state index in [9.17, 15) is 10.2 Å². The van der Waals surface area contributed by atoms with E-state index in [1.54, 1.807) is 12.1 Å². The van der Waals surface area contributed by atoms with Crippen molar-refractivity contribution in [2.45, 2.75) is 24.9 Å². The Labute approximate surface area is 82.6 Å². The molecular formula is C11H14O3. The summed E-state index contributed by atoms with van der Waals surface area (Å²) < 4.78 is 0. The summed E-state index contributed by atoms with van der Waals surface area (Å²) >= 11 is 0. The topological polar surface area (TPSA) is 60.7 Å². The molecule has 1 aliphatic carbocycles. The van der Waals surface area contributed by atoms with E-state index in [1.807, 2.05) is 6.07 Å². The van der Waals surface area contributed by atoms with Gasteiger partial charge in [-0.15, -0.1) is 0 Å². The minimum atomic E-state index is -1.16. The molecule has 0 radical (unpaired) electrons. The third-order valence-electron chi connectivity index (χ3n) is 2.89. The summed E-state index contributed by atoms with van der Waals surface area (Å²) in [5.74, 6) is 0.137. The second-order valence-corrected chi connectivity index (χ2v) is 3.88. The fraction of sp³-hybridized carbons (Fsp3) is 0.455. The molecule has 0 saturated heterocycles. The van der Waals surface area contributed by atoms with Crippen LogP contribution in [0.4, 0.5) is 0 Å². The lowest BCUT2D eigenvalue weighted by Crippen LogP contribution is -2.34. The van der Waals surface area contributed by atoms with Crippen molar-refractivity contribution in [2.75, 3.05) is 6.61 Å². The molecule has 1 aromatic carbocycles. The van der Waals surface area contributed by atoms with Crippen LogP contribution in [0, 0.1) is 0 Å². The number of aliphatic hydroxyl groups excluding tert-OH is 1. The zero-order valence-corrected chi connectivity index (χ0v) is 7.90. The minimum absolute atomic E-state index is 0.137. The molecule has 0 spiro atoms. The van der Waals surface area contributed by atoms with Gasteiger partial charge in [0.1, 0.15) is 11.4 Å². The molecule has 1 atom stereocenters. The predicted molar refractivity (Wildman–Crippen MR) is 52.0 cm³/mol. The molecule has 2 rings (SSSR count). The van der Waals surface area contributed by atoms with E-state index in [2.05, 4.69) is 0 Å². The quantitative estimate of drug-likeness (QED) is 0.622. The van der Waals surface area contributed by atoms with Gasteiger partial charge in [-0.3, -0.25) is 0 Å². The zero-order valence-electron chi connectivity index (χ0n) is 7.90. The van der Waals surface area contributed by atoms with E-state index in [4.69, 9.17) is 5.11 Å². The number of benzene rings is 1. The van der Waals surface area contributed by atoms with Crippen molar-refractivity contribution in [1.82, 2.24) is 0 Å². The van der Waals surface area contributed by atoms with Crippen molar-refractivity contribution in [2.24, 2.45) is 0 Å². The molecule has 3 N–H and O–H groups in total. The number of fused-ring (bicyclic) bond motifs is 1. The highest BCUT2D eigenvalue weighted by Crippen LogP contribution is 2.36. The summed E-state index contributed by atoms with van der Waals surface area (Å²) in [6, 6.07) is 4.97. The van der Waals surface area contributed by atoms with Crippen molar-refractivity contribution in [3.8, 4) is 5.75 Å². The van der Waals surface area contributed by atoms with Crippen LogP contribution in [0.15, 0.2) is 18.2 Å². The van der Waals surface area contributed by atoms with Gasteiger partial charge in [-0.2, -0.15) is 0 Å². The lowest BCUT2D eigenvalue weighted by Gasteiger charge is -2.32. The molecule has 0 saturated carbocycles. The molecule has 3 heteroatoms. The number of aliphatic hydroxyl groups is 2. The van der Waals surface area contributed by atoms with Crippen molar-refractivity contribution in [3.63, 3.8) is 0 Å². The number of hydrogen-bond acceptors (Lipinski definition) is 3. The Kier molecular flexibility index (Phi) is 2.21. The van der Waals surface area contributed by atoms with Gasteiger partial charge < -0.3 is 15.3 Å². The van der Waals surface area contributed by atoms with Crippen LogP contribution in [-0.2, 0) is 12.0 Å². The maximum absolute atomic E-state index is 10.1. The number of phenolic OH excluding ortho intramolecular Hbond substituents is 1. The molecule has 1 aliphatic rings. The normalized spacial score (nSPS) is 25.9. The number of aryl methyl sites for hydroxylation is 1. The minimum Gasteiger partial charge on any atom is -0.508 e. The van der Waals surface area contributed by atoms with Crippen molar-refractivity contribution < 1.29 is 15.3 Å². The molecule has 0 aromatic heterocycles. The first-order valence-corrected chi connectivity index (χ1v) is 4.81. The Balaban J connectivity index is 2.52. The third kappa shape index (κ3) is 1.38. The first-order chi connectivity index (χ1) is 6.65. The number of hydrogen-bond donors (Lipinski definition) is 3. The second-order valence-electron chi connectivity index (χ2n) is 3.88. The summed E-state index contributed by atoms with van der Waals surface area (Å²) in [7, 11) is 0. The standard InChI is InChI=1S/C11H14O3/c12-7-11(14)5-1-2-8-3-4-9(13)6-10(8)11/h3-4,6,12-14H,1-2,5,7H2. The van der Waals surface area contributed by atoms with E-state index in [-0.39, 0.29) is 12.4 Å². The van der Waals surface area contributed by atoms with Crippen LogP contribution in [0.2, 0.25) is 0 Å². The predicted octanol–water partition coefficient (Wildman–Crippen LogP) is 0.908. The van der Waals surface area contributed by atoms with Gasteiger partial charge in [0.25, 0.3) is 0 Å². The average molecular weight is 194 g/mol. The molecule has 0 heterocycles. The van der Waals surface area contributed by atoms with Gasteiger partial charge in [-0.05, 0) is 42.5 Å². The van der Waals surface area contributed by atoms with Gasteiger partial charge in [0.2, 0.25) is 0 Å². The number of phenols is 1. The maximum atomic E-state index is 10.1. The van der Waals surface area contributed by atoms with E-state index >= 15 is 0 Å². The highest BCUT2D eigenvalue weighted by molar-refractivity contribution is 5.40. The fourth-order valence-corrected chi connectivity index (χ4v) is 2.09. The van der Waals surface area contributed by atoms with Crippen molar-refractivity contribution >= 4 is 0 Å². The largest absolute Gasteiger partial charge is 0.508 e. The van der Waals surface area contributed by atoms with E-state index < -0.39 is 5.60 Å². The molecule has 1 aromatic rings. The van der Waals surface area contributed by atoms with E-state index in [0.717, 1.165) is 18.4 Å². The molecule has 76 valence electrons. The molecule has 14 heavy (non-hydrogen) atoms. The van der Waals surface area contributed by atoms with Gasteiger partial charge in [-0.25, -0.2) is 0 Å². The fourth-order valence-electron chi connectivity index (χ4n) is 2.09. The highest BCUT2D eigenvalue weighted by atomic mass is 16.3. The van der Waals surface area contributed by atoms with E-state index in [0.29, 0.717) is 12.0 Å². The smallest absolute Gasteiger partial charge is 0.115 e. The molecule has 0 aliphatic heterocycles. The highest BCUT2D eigenvalue weighted by Gasteiger charge is 2.33. The summed E-state index contributed by atoms with van der Waals surface area (Å²) in [5.41, 5.74) is 0.531. The Morgan fingerprint density at radius 1 is 1.36 bits per heavy atom. The van der Waals surface area contributed by atoms with Crippen LogP contribution < -0.4 is 0 Å². The van der Waals surface area contributed by atoms with Gasteiger partial charge in [0.05, 0.1) is 6.61 Å². The van der Waals surface area contributed by atoms with Crippen LogP contribution in [-0.4, -0.2) is 21.9 Å². The van der Waals surface area contributed by atoms with Crippen LogP contribution >= 0.6 is 0 Å². The third-order valence-corrected chi connectivity index (χ3v) is 2.89. The first kappa shape index (κ1) is 9.49. The molecule has 3 nitrogen and oxygen atoms in total. The zero-order chi connectivity index (χ0) is 10.2. The summed E-state index contributed by atoms with van der Waals surface area (Å²) in [5, 5.41) is 28.6. The van der Waals surface area contributed by atoms with Crippen molar-refractivity contribution in [1.29, 1.82) is 0 Å². The van der Waals surface area contributed by atoms with Crippen LogP contribution in [0.3, 0.4) is 0 Å². The van der Waals surface area contributed by atoms with E-state index in [1.165, 1.54) is 0 Å². The Morgan fingerprint density at radius 2 is 2.14 bits per heavy atom. The number of aromatic hydroxyl groups is 1. The molecule has 1 unspecified atom stereocenters. The van der Waals surface area contributed by atoms with Gasteiger partial charge >= 0.3 is 0 Å². The van der Waals surface area contributed by atoms with Gasteiger partial charge in [0, 0.05) is 0 Å². The first-order valence-electron chi connectivity index (χ1n) is 4.81. The lowest BCUT2D eigenvalue weighted by molar-refractivity contribution is -0.0328. The maximum Gasteiger partial charge on any atom is 0.115 e. The van der Waals surface area contributed by atoms with Gasteiger partial charge in [-0.1, -0.05) is 6.07 Å². The monoisotopic (exact) mass is 194 g/mol. The Morgan fingerprint density at radius 3 is 2.86 bits per heavy atom. The number of rotatable bonds is 1. The average Bonchev–Trinajstić information content (AvgIpc) is 2.20. The summed E-state index contributed by atoms with van der Waals surface area (Å²) in [4.78, 5) is 0. The summed E-state index contributed by atoms with van der Waals surface area (Å²) in [6.45, 7) is -0.288. The second kappa shape index (κ2) is 3.26. The molecule has 0 amide bonds. The van der Waals surface area contributed by atoms with Crippen LogP contribution in [0.25, 0.3) is 0 Å². The lowest BCUT2D eigenvalue weighted by atomic mass is 9.79. The Bertz CT molecular complexity index is 348. The molecule has 0 fully saturated rings. The van der Waals surface area contributed by atoms with Crippen molar-refractivity contribution in [3.05, 3.63) is 29.3 Å². The SMILES string of the molecule is OCC1(O)CCCc2ccc(O)cc21. The van der Waals surface area contributed by atoms with Crippen LogP contribution in [0.5, 0.6) is 5.75 Å². The molecular weight excluding hydrogens is 180 g/mol.